The largest absolute Gasteiger partial charge is 0.313 e. The maximum atomic E-state index is 3.62. The van der Waals surface area contributed by atoms with Crippen molar-refractivity contribution in [1.29, 1.82) is 0 Å². The maximum Gasteiger partial charge on any atom is 0.0158 e. The molecule has 0 aromatic carbocycles. The van der Waals surface area contributed by atoms with Crippen LogP contribution in [0, 0.1) is 11.3 Å². The van der Waals surface area contributed by atoms with Crippen molar-refractivity contribution >= 4 is 11.8 Å². The predicted octanol–water partition coefficient (Wildman–Crippen LogP) is 4.57. The lowest BCUT2D eigenvalue weighted by Crippen LogP contribution is -2.31. The number of rotatable bonds is 9. The van der Waals surface area contributed by atoms with Crippen molar-refractivity contribution in [3.63, 3.8) is 0 Å². The molecular formula is C15H33NS. The summed E-state index contributed by atoms with van der Waals surface area (Å²) in [6.07, 6.45) is 4.02. The van der Waals surface area contributed by atoms with Crippen LogP contribution in [0.15, 0.2) is 0 Å². The Morgan fingerprint density at radius 3 is 2.24 bits per heavy atom. The van der Waals surface area contributed by atoms with E-state index in [1.54, 1.807) is 0 Å². The molecule has 0 aromatic heterocycles. The highest BCUT2D eigenvalue weighted by molar-refractivity contribution is 7.99. The standard InChI is InChI=1S/C15H33NS/c1-7-16-14(12-17-11-13(2)3)9-8-10-15(4,5)6/h13-14,16H,7-12H2,1-6H3. The van der Waals surface area contributed by atoms with Crippen molar-refractivity contribution in [2.45, 2.75) is 66.8 Å². The number of hydrogen-bond donors (Lipinski definition) is 1. The zero-order chi connectivity index (χ0) is 13.3. The van der Waals surface area contributed by atoms with Gasteiger partial charge in [-0.05, 0) is 36.5 Å². The van der Waals surface area contributed by atoms with E-state index in [-0.39, 0.29) is 0 Å². The van der Waals surface area contributed by atoms with Gasteiger partial charge in [0.2, 0.25) is 0 Å². The third kappa shape index (κ3) is 12.6. The van der Waals surface area contributed by atoms with Gasteiger partial charge >= 0.3 is 0 Å². The fourth-order valence-electron chi connectivity index (χ4n) is 1.86. The van der Waals surface area contributed by atoms with Gasteiger partial charge in [-0.1, -0.05) is 48.0 Å². The van der Waals surface area contributed by atoms with Crippen LogP contribution in [0.4, 0.5) is 0 Å². The van der Waals surface area contributed by atoms with Gasteiger partial charge in [0.1, 0.15) is 0 Å². The van der Waals surface area contributed by atoms with Crippen LogP contribution >= 0.6 is 11.8 Å². The van der Waals surface area contributed by atoms with E-state index in [0.29, 0.717) is 11.5 Å². The molecular weight excluding hydrogens is 226 g/mol. The second-order valence-corrected chi connectivity index (χ2v) is 7.71. The van der Waals surface area contributed by atoms with Crippen molar-refractivity contribution in [3.8, 4) is 0 Å². The van der Waals surface area contributed by atoms with Crippen LogP contribution in [-0.2, 0) is 0 Å². The zero-order valence-corrected chi connectivity index (χ0v) is 13.6. The Hall–Kier alpha value is 0.310. The molecule has 104 valence electrons. The van der Waals surface area contributed by atoms with Gasteiger partial charge in [0, 0.05) is 11.8 Å². The minimum atomic E-state index is 0.488. The molecule has 0 aliphatic carbocycles. The normalized spacial score (nSPS) is 14.3. The monoisotopic (exact) mass is 259 g/mol. The summed E-state index contributed by atoms with van der Waals surface area (Å²) in [4.78, 5) is 0. The molecule has 0 spiro atoms. The van der Waals surface area contributed by atoms with Crippen LogP contribution in [0.3, 0.4) is 0 Å². The van der Waals surface area contributed by atoms with Gasteiger partial charge in [-0.25, -0.2) is 0 Å². The summed E-state index contributed by atoms with van der Waals surface area (Å²) in [6, 6.07) is 0.714. The fourth-order valence-corrected chi connectivity index (χ4v) is 3.03. The Labute approximate surface area is 114 Å². The van der Waals surface area contributed by atoms with Crippen LogP contribution in [0.25, 0.3) is 0 Å². The minimum absolute atomic E-state index is 0.488. The Balaban J connectivity index is 3.74. The number of hydrogen-bond acceptors (Lipinski definition) is 2. The minimum Gasteiger partial charge on any atom is -0.313 e. The molecule has 0 aromatic rings. The van der Waals surface area contributed by atoms with Crippen LogP contribution in [-0.4, -0.2) is 24.1 Å². The summed E-state index contributed by atoms with van der Waals surface area (Å²) < 4.78 is 0. The van der Waals surface area contributed by atoms with E-state index in [4.69, 9.17) is 0 Å². The molecule has 0 saturated heterocycles. The van der Waals surface area contributed by atoms with Gasteiger partial charge in [-0.2, -0.15) is 11.8 Å². The summed E-state index contributed by atoms with van der Waals surface area (Å²) >= 11 is 2.10. The van der Waals surface area contributed by atoms with Crippen molar-refractivity contribution in [2.24, 2.45) is 11.3 Å². The molecule has 0 fully saturated rings. The van der Waals surface area contributed by atoms with Crippen LogP contribution in [0.5, 0.6) is 0 Å². The summed E-state index contributed by atoms with van der Waals surface area (Å²) in [5, 5.41) is 3.62. The van der Waals surface area contributed by atoms with Gasteiger partial charge in [0.15, 0.2) is 0 Å². The highest BCUT2D eigenvalue weighted by Crippen LogP contribution is 2.22. The second kappa shape index (κ2) is 9.27. The van der Waals surface area contributed by atoms with Crippen molar-refractivity contribution < 1.29 is 0 Å². The first-order chi connectivity index (χ1) is 7.85. The van der Waals surface area contributed by atoms with Crippen LogP contribution < -0.4 is 5.32 Å². The predicted molar refractivity (Wildman–Crippen MR) is 82.9 cm³/mol. The lowest BCUT2D eigenvalue weighted by atomic mass is 9.89. The van der Waals surface area contributed by atoms with Crippen LogP contribution in [0.2, 0.25) is 0 Å². The molecule has 0 aliphatic heterocycles. The van der Waals surface area contributed by atoms with Gasteiger partial charge in [-0.3, -0.25) is 0 Å². The molecule has 0 amide bonds. The van der Waals surface area contributed by atoms with Crippen LogP contribution in [0.1, 0.15) is 60.8 Å². The molecule has 0 radical (unpaired) electrons. The molecule has 0 bridgehead atoms. The van der Waals surface area contributed by atoms with E-state index in [1.807, 2.05) is 0 Å². The van der Waals surface area contributed by atoms with Gasteiger partial charge in [-0.15, -0.1) is 0 Å². The van der Waals surface area contributed by atoms with Gasteiger partial charge in [0.25, 0.3) is 0 Å². The first-order valence-corrected chi connectivity index (χ1v) is 8.31. The number of thioether (sulfide) groups is 1. The quantitative estimate of drug-likeness (QED) is 0.651. The Morgan fingerprint density at radius 2 is 1.76 bits per heavy atom. The molecule has 2 heteroatoms. The first-order valence-electron chi connectivity index (χ1n) is 7.16. The summed E-state index contributed by atoms with van der Waals surface area (Å²) in [5.74, 6) is 3.38. The molecule has 1 nitrogen and oxygen atoms in total. The molecule has 0 rings (SSSR count). The smallest absolute Gasteiger partial charge is 0.0158 e. The van der Waals surface area contributed by atoms with Crippen molar-refractivity contribution in [3.05, 3.63) is 0 Å². The summed E-state index contributed by atoms with van der Waals surface area (Å²) in [7, 11) is 0. The highest BCUT2D eigenvalue weighted by atomic mass is 32.2. The van der Waals surface area contributed by atoms with E-state index in [1.165, 1.54) is 30.8 Å². The average molecular weight is 260 g/mol. The molecule has 17 heavy (non-hydrogen) atoms. The lowest BCUT2D eigenvalue weighted by molar-refractivity contribution is 0.348. The highest BCUT2D eigenvalue weighted by Gasteiger charge is 2.12. The third-order valence-electron chi connectivity index (χ3n) is 2.74. The van der Waals surface area contributed by atoms with E-state index in [2.05, 4.69) is 58.6 Å². The molecule has 1 N–H and O–H groups in total. The van der Waals surface area contributed by atoms with Gasteiger partial charge < -0.3 is 5.32 Å². The number of nitrogens with one attached hydrogen (secondary N) is 1. The summed E-state index contributed by atoms with van der Waals surface area (Å²) in [5.41, 5.74) is 0.488. The van der Waals surface area contributed by atoms with E-state index in [0.717, 1.165) is 12.5 Å². The van der Waals surface area contributed by atoms with Gasteiger partial charge in [0.05, 0.1) is 0 Å². The zero-order valence-electron chi connectivity index (χ0n) is 12.8. The van der Waals surface area contributed by atoms with E-state index in [9.17, 15) is 0 Å². The third-order valence-corrected chi connectivity index (χ3v) is 4.28. The Morgan fingerprint density at radius 1 is 1.12 bits per heavy atom. The molecule has 1 unspecified atom stereocenters. The molecule has 0 saturated carbocycles. The second-order valence-electron chi connectivity index (χ2n) is 6.64. The van der Waals surface area contributed by atoms with Crippen molar-refractivity contribution in [1.82, 2.24) is 5.32 Å². The average Bonchev–Trinajstić information content (AvgIpc) is 2.15. The molecule has 1 atom stereocenters. The van der Waals surface area contributed by atoms with E-state index >= 15 is 0 Å². The SMILES string of the molecule is CCNC(CCCC(C)(C)C)CSCC(C)C. The first kappa shape index (κ1) is 17.3. The molecule has 0 aliphatic rings. The molecule has 0 heterocycles. The fraction of sp³-hybridized carbons (Fsp3) is 1.00. The Bertz CT molecular complexity index is 172. The Kier molecular flexibility index (Phi) is 9.44. The van der Waals surface area contributed by atoms with Crippen molar-refractivity contribution in [2.75, 3.05) is 18.1 Å². The topological polar surface area (TPSA) is 12.0 Å². The summed E-state index contributed by atoms with van der Waals surface area (Å²) in [6.45, 7) is 14.9. The lowest BCUT2D eigenvalue weighted by Gasteiger charge is -2.22. The maximum absolute atomic E-state index is 3.62. The van der Waals surface area contributed by atoms with E-state index < -0.39 is 0 Å².